The molecule has 1 saturated carbocycles. The molecule has 0 bridgehead atoms. The van der Waals surface area contributed by atoms with Gasteiger partial charge in [0.25, 0.3) is 0 Å². The summed E-state index contributed by atoms with van der Waals surface area (Å²) in [6, 6.07) is 9.05. The summed E-state index contributed by atoms with van der Waals surface area (Å²) in [5.41, 5.74) is 3.48. The molecule has 39 heavy (non-hydrogen) atoms. The summed E-state index contributed by atoms with van der Waals surface area (Å²) in [5, 5.41) is 5.96. The van der Waals surface area contributed by atoms with Gasteiger partial charge in [0.2, 0.25) is 0 Å². The van der Waals surface area contributed by atoms with Crippen molar-refractivity contribution in [2.24, 2.45) is 0 Å². The van der Waals surface area contributed by atoms with Gasteiger partial charge in [-0.3, -0.25) is 0 Å². The maximum absolute atomic E-state index is 13.3. The fraction of sp³-hybridized carbons (Fsp3) is 0.533. The van der Waals surface area contributed by atoms with Gasteiger partial charge in [-0.2, -0.15) is 0 Å². The van der Waals surface area contributed by atoms with Crippen molar-refractivity contribution < 1.29 is 23.8 Å². The molecular weight excluding hydrogens is 518 g/mol. The number of benzene rings is 2. The van der Waals surface area contributed by atoms with E-state index in [2.05, 4.69) is 31.4 Å². The second kappa shape index (κ2) is 14.3. The molecule has 0 aliphatic heterocycles. The molecule has 0 aromatic heterocycles. The number of urea groups is 1. The van der Waals surface area contributed by atoms with E-state index in [1.807, 2.05) is 49.3 Å². The number of carbonyl (C=O) groups is 2. The van der Waals surface area contributed by atoms with Gasteiger partial charge in [0, 0.05) is 36.6 Å². The highest BCUT2D eigenvalue weighted by Crippen LogP contribution is 2.50. The molecule has 1 aliphatic carbocycles. The first kappa shape index (κ1) is 32.1. The Morgan fingerprint density at radius 1 is 1.00 bits per heavy atom. The first-order valence-electron chi connectivity index (χ1n) is 13.5. The Morgan fingerprint density at radius 3 is 2.13 bits per heavy atom. The van der Waals surface area contributed by atoms with Crippen LogP contribution in [0.2, 0.25) is 0 Å². The Balaban J connectivity index is 0.00000533. The molecular formula is C30H44ClN3O5. The highest BCUT2D eigenvalue weighted by atomic mass is 35.5. The Labute approximate surface area is 239 Å². The molecule has 2 aromatic carbocycles. The topological polar surface area (TPSA) is 89.1 Å². The van der Waals surface area contributed by atoms with Crippen molar-refractivity contribution in [2.75, 3.05) is 43.3 Å². The van der Waals surface area contributed by atoms with Crippen molar-refractivity contribution in [3.63, 3.8) is 0 Å². The minimum Gasteiger partial charge on any atom is -0.495 e. The highest BCUT2D eigenvalue weighted by Gasteiger charge is 2.33. The number of anilines is 3. The molecule has 8 nitrogen and oxygen atoms in total. The fourth-order valence-electron chi connectivity index (χ4n) is 4.92. The van der Waals surface area contributed by atoms with E-state index in [9.17, 15) is 9.59 Å². The van der Waals surface area contributed by atoms with Crippen molar-refractivity contribution in [2.45, 2.75) is 77.6 Å². The number of nitrogens with zero attached hydrogens (tertiary/aromatic N) is 1. The number of amides is 2. The molecule has 2 aromatic rings. The quantitative estimate of drug-likeness (QED) is 0.202. The second-order valence-corrected chi connectivity index (χ2v) is 11.0. The minimum atomic E-state index is -0.755. The standard InChI is InChI=1S/C30H43N3O5.ClH/c1-8-37-29(35)38-27-23(30(2,3)4)19-24(36-7)26(25(27)20-13-11-9-10-12-14-20)32-28(34)31-21-15-17-22(18-16-21)33(5)6;/h15-20H,8-14H2,1-7H3,(H2,31,32,34);1H. The maximum atomic E-state index is 13.3. The Morgan fingerprint density at radius 2 is 1.62 bits per heavy atom. The molecule has 0 atom stereocenters. The summed E-state index contributed by atoms with van der Waals surface area (Å²) in [6.45, 7) is 8.14. The van der Waals surface area contributed by atoms with Crippen molar-refractivity contribution >= 4 is 41.7 Å². The molecule has 216 valence electrons. The van der Waals surface area contributed by atoms with E-state index < -0.39 is 12.2 Å². The first-order chi connectivity index (χ1) is 18.0. The van der Waals surface area contributed by atoms with Crippen LogP contribution in [0.4, 0.5) is 26.7 Å². The van der Waals surface area contributed by atoms with Crippen LogP contribution >= 0.6 is 12.4 Å². The molecule has 9 heteroatoms. The highest BCUT2D eigenvalue weighted by molar-refractivity contribution is 6.02. The van der Waals surface area contributed by atoms with E-state index in [1.54, 1.807) is 14.0 Å². The van der Waals surface area contributed by atoms with Crippen LogP contribution in [0.1, 0.15) is 83.3 Å². The third-order valence-corrected chi connectivity index (χ3v) is 6.90. The lowest BCUT2D eigenvalue weighted by atomic mass is 9.80. The van der Waals surface area contributed by atoms with Crippen molar-refractivity contribution in [3.05, 3.63) is 41.5 Å². The summed E-state index contributed by atoms with van der Waals surface area (Å²) in [5.74, 6) is 1.07. The largest absolute Gasteiger partial charge is 0.513 e. The van der Waals surface area contributed by atoms with Crippen LogP contribution in [-0.2, 0) is 10.2 Å². The van der Waals surface area contributed by atoms with Crippen LogP contribution in [0, 0.1) is 0 Å². The zero-order valence-electron chi connectivity index (χ0n) is 24.3. The number of hydrogen-bond donors (Lipinski definition) is 2. The number of carbonyl (C=O) groups excluding carboxylic acids is 2. The van der Waals surface area contributed by atoms with Crippen LogP contribution in [0.25, 0.3) is 0 Å². The van der Waals surface area contributed by atoms with E-state index in [-0.39, 0.29) is 30.3 Å². The van der Waals surface area contributed by atoms with Gasteiger partial charge in [-0.25, -0.2) is 9.59 Å². The Bertz CT molecular complexity index is 1110. The van der Waals surface area contributed by atoms with E-state index in [0.29, 0.717) is 22.9 Å². The van der Waals surface area contributed by atoms with E-state index >= 15 is 0 Å². The van der Waals surface area contributed by atoms with Crippen LogP contribution < -0.4 is 25.0 Å². The molecule has 2 amide bonds. The monoisotopic (exact) mass is 561 g/mol. The molecule has 3 rings (SSSR count). The van der Waals surface area contributed by atoms with Crippen molar-refractivity contribution in [1.82, 2.24) is 0 Å². The third kappa shape index (κ3) is 8.43. The number of ether oxygens (including phenoxy) is 3. The normalized spacial score (nSPS) is 13.9. The number of nitrogens with one attached hydrogen (secondary N) is 2. The van der Waals surface area contributed by atoms with E-state index in [0.717, 1.165) is 55.3 Å². The van der Waals surface area contributed by atoms with Gasteiger partial charge < -0.3 is 29.7 Å². The van der Waals surface area contributed by atoms with Crippen molar-refractivity contribution in [3.8, 4) is 11.5 Å². The lowest BCUT2D eigenvalue weighted by Gasteiger charge is -2.30. The molecule has 0 radical (unpaired) electrons. The number of halogens is 1. The average molecular weight is 562 g/mol. The van der Waals surface area contributed by atoms with Gasteiger partial charge in [0.15, 0.2) is 0 Å². The van der Waals surface area contributed by atoms with Crippen LogP contribution in [0.3, 0.4) is 0 Å². The summed E-state index contributed by atoms with van der Waals surface area (Å²) < 4.78 is 16.9. The van der Waals surface area contributed by atoms with Gasteiger partial charge in [-0.1, -0.05) is 46.5 Å². The van der Waals surface area contributed by atoms with Gasteiger partial charge in [0.05, 0.1) is 19.4 Å². The molecule has 1 fully saturated rings. The summed E-state index contributed by atoms with van der Waals surface area (Å²) >= 11 is 0. The number of hydrogen-bond acceptors (Lipinski definition) is 6. The van der Waals surface area contributed by atoms with Crippen LogP contribution in [0.15, 0.2) is 30.3 Å². The zero-order chi connectivity index (χ0) is 27.9. The average Bonchev–Trinajstić information content (AvgIpc) is 3.13. The molecule has 0 heterocycles. The third-order valence-electron chi connectivity index (χ3n) is 6.90. The lowest BCUT2D eigenvalue weighted by Crippen LogP contribution is -2.24. The Kier molecular flexibility index (Phi) is 11.8. The first-order valence-corrected chi connectivity index (χ1v) is 13.5. The van der Waals surface area contributed by atoms with E-state index in [1.165, 1.54) is 0 Å². The second-order valence-electron chi connectivity index (χ2n) is 11.0. The number of rotatable bonds is 7. The molecule has 0 spiro atoms. The number of methoxy groups -OCH3 is 1. The SMILES string of the molecule is CCOC(=O)Oc1c(C(C)(C)C)cc(OC)c(NC(=O)Nc2ccc(N(C)C)cc2)c1C1CCCCCC1.Cl. The minimum absolute atomic E-state index is 0. The summed E-state index contributed by atoms with van der Waals surface area (Å²) in [7, 11) is 5.52. The summed E-state index contributed by atoms with van der Waals surface area (Å²) in [4.78, 5) is 27.9. The molecule has 0 unspecified atom stereocenters. The van der Waals surface area contributed by atoms with E-state index in [4.69, 9.17) is 14.2 Å². The van der Waals surface area contributed by atoms with Gasteiger partial charge >= 0.3 is 12.2 Å². The smallest absolute Gasteiger partial charge is 0.495 e. The maximum Gasteiger partial charge on any atom is 0.513 e. The molecule has 2 N–H and O–H groups in total. The molecule has 1 aliphatic rings. The lowest BCUT2D eigenvalue weighted by molar-refractivity contribution is 0.103. The summed E-state index contributed by atoms with van der Waals surface area (Å²) in [6.07, 6.45) is 5.55. The fourth-order valence-corrected chi connectivity index (χ4v) is 4.92. The van der Waals surface area contributed by atoms with Gasteiger partial charge in [0.1, 0.15) is 11.5 Å². The van der Waals surface area contributed by atoms with Crippen molar-refractivity contribution in [1.29, 1.82) is 0 Å². The van der Waals surface area contributed by atoms with Crippen LogP contribution in [0.5, 0.6) is 11.5 Å². The van der Waals surface area contributed by atoms with Gasteiger partial charge in [-0.15, -0.1) is 12.4 Å². The zero-order valence-corrected chi connectivity index (χ0v) is 25.1. The molecule has 0 saturated heterocycles. The predicted molar refractivity (Wildman–Crippen MR) is 160 cm³/mol. The Hall–Kier alpha value is -3.13. The van der Waals surface area contributed by atoms with Crippen LogP contribution in [-0.4, -0.2) is 40.0 Å². The van der Waals surface area contributed by atoms with Gasteiger partial charge in [-0.05, 0) is 61.4 Å². The predicted octanol–water partition coefficient (Wildman–Crippen LogP) is 8.10.